The van der Waals surface area contributed by atoms with Crippen LogP contribution in [0.3, 0.4) is 0 Å². The maximum Gasteiger partial charge on any atom is 0.319 e. The van der Waals surface area contributed by atoms with Crippen molar-refractivity contribution in [1.82, 2.24) is 9.69 Å². The molecule has 2 atom stereocenters. The van der Waals surface area contributed by atoms with E-state index in [0.717, 1.165) is 35.5 Å². The van der Waals surface area contributed by atoms with E-state index in [4.69, 9.17) is 0 Å². The zero-order chi connectivity index (χ0) is 15.4. The summed E-state index contributed by atoms with van der Waals surface area (Å²) in [4.78, 5) is 11.9. The molecule has 2 aromatic rings. The molecule has 2 amide bonds. The normalized spacial score (nSPS) is 20.8. The SMILES string of the molecule is O=C(NC[C@@H]1CC[C@@H](O)C1)Nc1cc(-c2ccccc2)ns1. The standard InChI is InChI=1S/C16H19N3O2S/c20-13-7-6-11(8-13)10-17-16(21)18-15-9-14(19-22-15)12-4-2-1-3-5-12/h1-5,9,11,13,20H,6-8,10H2,(H2,17,18,21)/t11-,13-/m1/s1. The summed E-state index contributed by atoms with van der Waals surface area (Å²) in [5.41, 5.74) is 1.90. The topological polar surface area (TPSA) is 74.2 Å². The molecule has 0 radical (unpaired) electrons. The highest BCUT2D eigenvalue weighted by atomic mass is 32.1. The number of hydrogen-bond donors (Lipinski definition) is 3. The van der Waals surface area contributed by atoms with Crippen LogP contribution in [-0.4, -0.2) is 28.2 Å². The van der Waals surface area contributed by atoms with Gasteiger partial charge in [-0.25, -0.2) is 4.79 Å². The summed E-state index contributed by atoms with van der Waals surface area (Å²) in [5, 5.41) is 15.9. The van der Waals surface area contributed by atoms with Gasteiger partial charge in [-0.3, -0.25) is 5.32 Å². The highest BCUT2D eigenvalue weighted by molar-refractivity contribution is 7.10. The molecule has 1 saturated carbocycles. The third kappa shape index (κ3) is 3.84. The average Bonchev–Trinajstić information content (AvgIpc) is 3.15. The summed E-state index contributed by atoms with van der Waals surface area (Å²) in [6.45, 7) is 0.604. The summed E-state index contributed by atoms with van der Waals surface area (Å²) in [5.74, 6) is 0.377. The second-order valence-corrected chi connectivity index (χ2v) is 6.42. The first-order chi connectivity index (χ1) is 10.7. The Balaban J connectivity index is 1.51. The lowest BCUT2D eigenvalue weighted by Crippen LogP contribution is -2.32. The quantitative estimate of drug-likeness (QED) is 0.811. The second kappa shape index (κ2) is 6.89. The molecule has 116 valence electrons. The van der Waals surface area contributed by atoms with E-state index in [0.29, 0.717) is 12.5 Å². The number of amides is 2. The van der Waals surface area contributed by atoms with E-state index in [1.165, 1.54) is 11.5 Å². The summed E-state index contributed by atoms with van der Waals surface area (Å²) in [6.07, 6.45) is 2.38. The molecule has 0 spiro atoms. The van der Waals surface area contributed by atoms with E-state index >= 15 is 0 Å². The molecule has 3 N–H and O–H groups in total. The lowest BCUT2D eigenvalue weighted by atomic mass is 10.1. The zero-order valence-electron chi connectivity index (χ0n) is 12.2. The average molecular weight is 317 g/mol. The molecule has 3 rings (SSSR count). The van der Waals surface area contributed by atoms with E-state index in [1.54, 1.807) is 0 Å². The summed E-state index contributed by atoms with van der Waals surface area (Å²) >= 11 is 1.27. The highest BCUT2D eigenvalue weighted by Gasteiger charge is 2.22. The van der Waals surface area contributed by atoms with E-state index in [2.05, 4.69) is 15.0 Å². The van der Waals surface area contributed by atoms with Crippen molar-refractivity contribution >= 4 is 22.6 Å². The van der Waals surface area contributed by atoms with Gasteiger partial charge in [-0.2, -0.15) is 4.37 Å². The largest absolute Gasteiger partial charge is 0.393 e. The fraction of sp³-hybridized carbons (Fsp3) is 0.375. The van der Waals surface area contributed by atoms with Crippen molar-refractivity contribution in [3.8, 4) is 11.3 Å². The Kier molecular flexibility index (Phi) is 4.70. The number of hydrogen-bond acceptors (Lipinski definition) is 4. The first-order valence-corrected chi connectivity index (χ1v) is 8.23. The van der Waals surface area contributed by atoms with Crippen LogP contribution in [0.15, 0.2) is 36.4 Å². The minimum absolute atomic E-state index is 0.204. The van der Waals surface area contributed by atoms with Gasteiger partial charge in [0, 0.05) is 18.2 Å². The number of aliphatic hydroxyl groups is 1. The van der Waals surface area contributed by atoms with E-state index in [9.17, 15) is 9.90 Å². The van der Waals surface area contributed by atoms with Crippen molar-refractivity contribution < 1.29 is 9.90 Å². The number of nitrogens with zero attached hydrogens (tertiary/aromatic N) is 1. The minimum atomic E-state index is -0.218. The fourth-order valence-electron chi connectivity index (χ4n) is 2.71. The molecule has 1 aliphatic rings. The van der Waals surface area contributed by atoms with Crippen LogP contribution in [-0.2, 0) is 0 Å². The molecular formula is C16H19N3O2S. The van der Waals surface area contributed by atoms with Gasteiger partial charge in [-0.1, -0.05) is 30.3 Å². The van der Waals surface area contributed by atoms with E-state index in [-0.39, 0.29) is 12.1 Å². The molecule has 0 aliphatic heterocycles. The smallest absolute Gasteiger partial charge is 0.319 e. The molecule has 1 aliphatic carbocycles. The zero-order valence-corrected chi connectivity index (χ0v) is 13.0. The molecule has 0 bridgehead atoms. The van der Waals surface area contributed by atoms with E-state index < -0.39 is 0 Å². The lowest BCUT2D eigenvalue weighted by Gasteiger charge is -2.10. The predicted molar refractivity (Wildman–Crippen MR) is 87.9 cm³/mol. The number of aromatic nitrogens is 1. The Bertz CT molecular complexity index is 629. The predicted octanol–water partition coefficient (Wildman–Crippen LogP) is 3.09. The number of nitrogens with one attached hydrogen (secondary N) is 2. The third-order valence-corrected chi connectivity index (χ3v) is 4.59. The van der Waals surface area contributed by atoms with Gasteiger partial charge in [-0.05, 0) is 36.7 Å². The van der Waals surface area contributed by atoms with Crippen LogP contribution < -0.4 is 10.6 Å². The van der Waals surface area contributed by atoms with Crippen LogP contribution in [0, 0.1) is 5.92 Å². The number of urea groups is 1. The lowest BCUT2D eigenvalue weighted by molar-refractivity contribution is 0.177. The Morgan fingerprint density at radius 2 is 2.14 bits per heavy atom. The van der Waals surface area contributed by atoms with Gasteiger partial charge in [0.1, 0.15) is 5.00 Å². The van der Waals surface area contributed by atoms with Gasteiger partial charge in [0.2, 0.25) is 0 Å². The van der Waals surface area contributed by atoms with Crippen LogP contribution in [0.25, 0.3) is 11.3 Å². The molecule has 0 saturated heterocycles. The molecule has 1 aromatic carbocycles. The summed E-state index contributed by atoms with van der Waals surface area (Å²) in [6, 6.07) is 11.5. The van der Waals surface area contributed by atoms with Gasteiger partial charge in [0.05, 0.1) is 11.8 Å². The number of carbonyl (C=O) groups excluding carboxylic acids is 1. The van der Waals surface area contributed by atoms with E-state index in [1.807, 2.05) is 36.4 Å². The molecule has 5 nitrogen and oxygen atoms in total. The monoisotopic (exact) mass is 317 g/mol. The van der Waals surface area contributed by atoms with Gasteiger partial charge in [-0.15, -0.1) is 0 Å². The van der Waals surface area contributed by atoms with Gasteiger partial charge >= 0.3 is 6.03 Å². The van der Waals surface area contributed by atoms with Crippen LogP contribution in [0.4, 0.5) is 9.80 Å². The maximum atomic E-state index is 11.9. The first-order valence-electron chi connectivity index (χ1n) is 7.46. The van der Waals surface area contributed by atoms with Gasteiger partial charge in [0.15, 0.2) is 0 Å². The van der Waals surface area contributed by atoms with Crippen molar-refractivity contribution in [2.45, 2.75) is 25.4 Å². The van der Waals surface area contributed by atoms with Crippen molar-refractivity contribution in [2.75, 3.05) is 11.9 Å². The Morgan fingerprint density at radius 1 is 1.32 bits per heavy atom. The summed E-state index contributed by atoms with van der Waals surface area (Å²) in [7, 11) is 0. The van der Waals surface area contributed by atoms with Crippen LogP contribution in [0.2, 0.25) is 0 Å². The molecule has 22 heavy (non-hydrogen) atoms. The molecule has 6 heteroatoms. The molecular weight excluding hydrogens is 298 g/mol. The molecule has 1 heterocycles. The molecule has 1 fully saturated rings. The second-order valence-electron chi connectivity index (χ2n) is 5.61. The molecule has 0 unspecified atom stereocenters. The van der Waals surface area contributed by atoms with Crippen molar-refractivity contribution in [3.05, 3.63) is 36.4 Å². The number of aliphatic hydroxyl groups excluding tert-OH is 1. The fourth-order valence-corrected chi connectivity index (χ4v) is 3.36. The van der Waals surface area contributed by atoms with Crippen LogP contribution in [0.5, 0.6) is 0 Å². The van der Waals surface area contributed by atoms with Crippen LogP contribution >= 0.6 is 11.5 Å². The van der Waals surface area contributed by atoms with Gasteiger partial charge in [0.25, 0.3) is 0 Å². The van der Waals surface area contributed by atoms with Crippen LogP contribution in [0.1, 0.15) is 19.3 Å². The maximum absolute atomic E-state index is 11.9. The highest BCUT2D eigenvalue weighted by Crippen LogP contribution is 2.26. The molecule has 1 aromatic heterocycles. The van der Waals surface area contributed by atoms with Gasteiger partial charge < -0.3 is 10.4 Å². The summed E-state index contributed by atoms with van der Waals surface area (Å²) < 4.78 is 4.35. The number of benzene rings is 1. The third-order valence-electron chi connectivity index (χ3n) is 3.88. The minimum Gasteiger partial charge on any atom is -0.393 e. The Morgan fingerprint density at radius 3 is 2.86 bits per heavy atom. The first kappa shape index (κ1) is 15.0. The van der Waals surface area contributed by atoms with Crippen molar-refractivity contribution in [3.63, 3.8) is 0 Å². The van der Waals surface area contributed by atoms with Crippen molar-refractivity contribution in [1.29, 1.82) is 0 Å². The Labute approximate surface area is 133 Å². The number of anilines is 1. The Hall–Kier alpha value is -1.92. The number of carbonyl (C=O) groups is 1. The van der Waals surface area contributed by atoms with Crippen molar-refractivity contribution in [2.24, 2.45) is 5.92 Å². The number of rotatable bonds is 4.